The second-order valence-corrected chi connectivity index (χ2v) is 13.2. The van der Waals surface area contributed by atoms with Crippen LogP contribution in [-0.2, 0) is 4.74 Å². The van der Waals surface area contributed by atoms with Crippen molar-refractivity contribution in [1.82, 2.24) is 9.88 Å². The number of halogens is 2. The van der Waals surface area contributed by atoms with Crippen molar-refractivity contribution in [3.05, 3.63) is 65.5 Å². The molecule has 0 radical (unpaired) electrons. The Morgan fingerprint density at radius 1 is 1.05 bits per heavy atom. The summed E-state index contributed by atoms with van der Waals surface area (Å²) in [6.07, 6.45) is 17.3. The van der Waals surface area contributed by atoms with E-state index in [-0.39, 0.29) is 35.6 Å². The van der Waals surface area contributed by atoms with Crippen molar-refractivity contribution in [1.29, 1.82) is 0 Å². The monoisotopic (exact) mass is 502 g/mol. The second-order valence-electron chi connectivity index (χ2n) is 13.2. The summed E-state index contributed by atoms with van der Waals surface area (Å²) in [6.45, 7) is 2.95. The van der Waals surface area contributed by atoms with Crippen LogP contribution >= 0.6 is 0 Å². The zero-order chi connectivity index (χ0) is 25.0. The van der Waals surface area contributed by atoms with Crippen molar-refractivity contribution in [2.45, 2.75) is 93.8 Å². The predicted molar refractivity (Wildman–Crippen MR) is 141 cm³/mol. The normalized spacial score (nSPS) is 42.2. The highest BCUT2D eigenvalue weighted by atomic mass is 19.3. The van der Waals surface area contributed by atoms with Gasteiger partial charge in [-0.3, -0.25) is 9.88 Å². The first-order valence-corrected chi connectivity index (χ1v) is 14.4. The molecule has 6 aliphatic rings. The van der Waals surface area contributed by atoms with E-state index in [0.29, 0.717) is 18.4 Å². The number of allylic oxidation sites excluding steroid dienone is 1. The smallest absolute Gasteiger partial charge is 0.261 e. The van der Waals surface area contributed by atoms with Crippen LogP contribution in [0.4, 0.5) is 8.78 Å². The Morgan fingerprint density at radius 3 is 2.84 bits per heavy atom. The Hall–Kier alpha value is -2.11. The molecule has 4 heterocycles. The highest BCUT2D eigenvalue weighted by Crippen LogP contribution is 2.69. The molecule has 2 aromatic rings. The minimum Gasteiger partial charge on any atom is -0.359 e. The van der Waals surface area contributed by atoms with Gasteiger partial charge in [0.15, 0.2) is 0 Å². The summed E-state index contributed by atoms with van der Waals surface area (Å²) in [6, 6.07) is 9.26. The van der Waals surface area contributed by atoms with Gasteiger partial charge in [-0.1, -0.05) is 31.2 Å². The lowest BCUT2D eigenvalue weighted by Crippen LogP contribution is -2.55. The van der Waals surface area contributed by atoms with Gasteiger partial charge in [-0.15, -0.1) is 0 Å². The van der Waals surface area contributed by atoms with E-state index in [1.54, 1.807) is 0 Å². The molecule has 2 saturated carbocycles. The van der Waals surface area contributed by atoms with Crippen molar-refractivity contribution >= 4 is 10.8 Å². The van der Waals surface area contributed by atoms with Crippen molar-refractivity contribution in [2.75, 3.05) is 13.1 Å². The summed E-state index contributed by atoms with van der Waals surface area (Å²) in [7, 11) is 0. The van der Waals surface area contributed by atoms with Gasteiger partial charge >= 0.3 is 0 Å². The van der Waals surface area contributed by atoms with Crippen LogP contribution in [-0.4, -0.2) is 46.1 Å². The number of likely N-dealkylation sites (tertiary alicyclic amines) is 1. The van der Waals surface area contributed by atoms with E-state index in [1.165, 1.54) is 40.3 Å². The lowest BCUT2D eigenvalue weighted by molar-refractivity contribution is -0.141. The number of benzene rings is 1. The molecule has 0 amide bonds. The average Bonchev–Trinajstić information content (AvgIpc) is 3.54. The number of pyridine rings is 1. The fourth-order valence-corrected chi connectivity index (χ4v) is 9.64. The van der Waals surface area contributed by atoms with E-state index in [9.17, 15) is 8.78 Å². The van der Waals surface area contributed by atoms with E-state index in [4.69, 9.17) is 4.74 Å². The molecule has 8 rings (SSSR count). The summed E-state index contributed by atoms with van der Waals surface area (Å²) >= 11 is 0. The topological polar surface area (TPSA) is 25.4 Å². The van der Waals surface area contributed by atoms with E-state index < -0.39 is 5.92 Å². The Balaban J connectivity index is 1.12. The Labute approximate surface area is 218 Å². The Kier molecular flexibility index (Phi) is 4.63. The molecule has 2 unspecified atom stereocenters. The Bertz CT molecular complexity index is 1350. The molecule has 3 nitrogen and oxygen atoms in total. The molecule has 1 aromatic heterocycles. The fourth-order valence-electron chi connectivity index (χ4n) is 9.64. The van der Waals surface area contributed by atoms with Crippen molar-refractivity contribution in [3.63, 3.8) is 0 Å². The van der Waals surface area contributed by atoms with Gasteiger partial charge in [0.1, 0.15) is 0 Å². The molecule has 3 aliphatic carbocycles. The molecule has 37 heavy (non-hydrogen) atoms. The molecular weight excluding hydrogens is 466 g/mol. The molecule has 2 bridgehead atoms. The van der Waals surface area contributed by atoms with Crippen LogP contribution in [0.5, 0.6) is 0 Å². The third kappa shape index (κ3) is 3.13. The number of fused-ring (bicyclic) bond motifs is 2. The zero-order valence-corrected chi connectivity index (χ0v) is 21.7. The highest BCUT2D eigenvalue weighted by Gasteiger charge is 2.66. The summed E-state index contributed by atoms with van der Waals surface area (Å²) in [4.78, 5) is 6.43. The van der Waals surface area contributed by atoms with Gasteiger partial charge in [-0.25, -0.2) is 8.78 Å². The molecule has 1 aromatic carbocycles. The van der Waals surface area contributed by atoms with Gasteiger partial charge in [-0.05, 0) is 103 Å². The maximum absolute atomic E-state index is 14.0. The molecule has 6 atom stereocenters. The fraction of sp³-hybridized carbons (Fsp3) is 0.594. The average molecular weight is 503 g/mol. The van der Waals surface area contributed by atoms with Crippen LogP contribution in [0, 0.1) is 11.3 Å². The number of hydrogen-bond acceptors (Lipinski definition) is 3. The summed E-state index contributed by atoms with van der Waals surface area (Å²) in [5.74, 6) is -1.54. The van der Waals surface area contributed by atoms with E-state index in [1.807, 2.05) is 12.4 Å². The van der Waals surface area contributed by atoms with Gasteiger partial charge in [0, 0.05) is 36.8 Å². The lowest BCUT2D eigenvalue weighted by atomic mass is 9.58. The maximum Gasteiger partial charge on any atom is 0.261 e. The van der Waals surface area contributed by atoms with Crippen molar-refractivity contribution < 1.29 is 13.5 Å². The van der Waals surface area contributed by atoms with Crippen LogP contribution in [0.25, 0.3) is 10.8 Å². The first-order valence-electron chi connectivity index (χ1n) is 14.4. The molecule has 3 aliphatic heterocycles. The van der Waals surface area contributed by atoms with Gasteiger partial charge in [0.25, 0.3) is 5.92 Å². The molecule has 4 fully saturated rings. The van der Waals surface area contributed by atoms with Crippen molar-refractivity contribution in [3.8, 4) is 0 Å². The molecule has 2 spiro atoms. The molecule has 0 N–H and O–H groups in total. The molecular formula is C32H36F2N2O. The van der Waals surface area contributed by atoms with Crippen LogP contribution in [0.1, 0.15) is 76.2 Å². The molecule has 194 valence electrons. The van der Waals surface area contributed by atoms with Gasteiger partial charge in [-0.2, -0.15) is 0 Å². The summed E-state index contributed by atoms with van der Waals surface area (Å²) < 4.78 is 35.5. The largest absolute Gasteiger partial charge is 0.359 e. The Morgan fingerprint density at radius 2 is 1.97 bits per heavy atom. The van der Waals surface area contributed by atoms with Crippen molar-refractivity contribution in [2.24, 2.45) is 11.3 Å². The minimum atomic E-state index is -2.53. The van der Waals surface area contributed by atoms with Gasteiger partial charge in [0.2, 0.25) is 0 Å². The molecule has 5 heteroatoms. The number of rotatable bonds is 2. The van der Waals surface area contributed by atoms with E-state index in [0.717, 1.165) is 38.5 Å². The first-order chi connectivity index (χ1) is 17.8. The quantitative estimate of drug-likeness (QED) is 0.435. The first kappa shape index (κ1) is 22.8. The van der Waals surface area contributed by atoms with Crippen LogP contribution in [0.3, 0.4) is 0 Å². The summed E-state index contributed by atoms with van der Waals surface area (Å²) in [5.41, 5.74) is 4.00. The zero-order valence-electron chi connectivity index (χ0n) is 21.7. The number of aromatic nitrogens is 1. The van der Waals surface area contributed by atoms with Gasteiger partial charge < -0.3 is 4.74 Å². The van der Waals surface area contributed by atoms with Crippen LogP contribution in [0.15, 0.2) is 60.0 Å². The maximum atomic E-state index is 14.0. The number of ether oxygens (including phenoxy) is 1. The number of alkyl halides is 2. The minimum absolute atomic E-state index is 0.00350. The standard InChI is InChI=1S/C32H36F2N2O/c1-29-10-8-25-17-24-4-5-26(36-15-13-31(33,34)20-36)18-30(24)11-12-32(25,37-30)28(29)7-6-27(29)22-3-2-21-9-14-35-19-23(21)16-22/h2-3,8-9,14,16-17,19,26-28H,4-7,10-13,15,18,20H2,1H3/t26-,27?,28+,29+,30?,32+/m0/s1. The lowest BCUT2D eigenvalue weighted by Gasteiger charge is -2.55. The third-order valence-corrected chi connectivity index (χ3v) is 11.4. The van der Waals surface area contributed by atoms with E-state index >= 15 is 0 Å². The summed E-state index contributed by atoms with van der Waals surface area (Å²) in [5, 5.41) is 2.47. The third-order valence-electron chi connectivity index (χ3n) is 11.4. The van der Waals surface area contributed by atoms with Gasteiger partial charge in [0.05, 0.1) is 17.7 Å². The number of hydrogen-bond donors (Lipinski definition) is 0. The van der Waals surface area contributed by atoms with Crippen LogP contribution in [0.2, 0.25) is 0 Å². The highest BCUT2D eigenvalue weighted by molar-refractivity contribution is 5.82. The predicted octanol–water partition coefficient (Wildman–Crippen LogP) is 7.19. The molecule has 2 saturated heterocycles. The number of nitrogens with zero attached hydrogens (tertiary/aromatic N) is 2. The second kappa shape index (κ2) is 7.51. The van der Waals surface area contributed by atoms with Crippen LogP contribution < -0.4 is 0 Å². The van der Waals surface area contributed by atoms with E-state index in [2.05, 4.69) is 53.2 Å². The SMILES string of the molecule is C[C@]12CC=C3C=C4CC[C@H](N5CCC(F)(F)C5)CC45CC[C@]3(O5)[C@@H]1CCC2c1ccc2ccncc2c1.